The quantitative estimate of drug-likeness (QED) is 0.559. The summed E-state index contributed by atoms with van der Waals surface area (Å²) < 4.78 is 0. The number of hydrogen-bond donors (Lipinski definition) is 0. The summed E-state index contributed by atoms with van der Waals surface area (Å²) in [6, 6.07) is 13.6. The lowest BCUT2D eigenvalue weighted by molar-refractivity contribution is -0.384. The first-order chi connectivity index (χ1) is 11.9. The number of amides is 1. The van der Waals surface area contributed by atoms with Gasteiger partial charge in [0.2, 0.25) is 0 Å². The molecule has 0 bridgehead atoms. The lowest BCUT2D eigenvalue weighted by atomic mass is 10.1. The van der Waals surface area contributed by atoms with Crippen LogP contribution in [0.3, 0.4) is 0 Å². The molecule has 0 spiro atoms. The highest BCUT2D eigenvalue weighted by atomic mass is 35.5. The second kappa shape index (κ2) is 8.60. The van der Waals surface area contributed by atoms with Crippen molar-refractivity contribution < 1.29 is 9.72 Å². The monoisotopic (exact) mass is 361 g/mol. The number of non-ortho nitro benzene ring substituents is 1. The van der Waals surface area contributed by atoms with E-state index in [1.54, 1.807) is 4.90 Å². The fourth-order valence-electron chi connectivity index (χ4n) is 2.34. The largest absolute Gasteiger partial charge is 0.333 e. The van der Waals surface area contributed by atoms with Crippen LogP contribution in [-0.2, 0) is 6.54 Å². The van der Waals surface area contributed by atoms with Gasteiger partial charge in [0.1, 0.15) is 0 Å². The van der Waals surface area contributed by atoms with Crippen molar-refractivity contribution in [1.82, 2.24) is 9.80 Å². The number of likely N-dealkylation sites (N-methyl/N-ethyl adjacent to an activating group) is 1. The first-order valence-corrected chi connectivity index (χ1v) is 8.18. The molecule has 0 aliphatic heterocycles. The molecule has 0 aromatic heterocycles. The van der Waals surface area contributed by atoms with E-state index < -0.39 is 4.92 Å². The predicted molar refractivity (Wildman–Crippen MR) is 97.8 cm³/mol. The minimum absolute atomic E-state index is 0.0853. The van der Waals surface area contributed by atoms with Crippen LogP contribution in [0.5, 0.6) is 0 Å². The number of halogens is 1. The zero-order chi connectivity index (χ0) is 18.4. The van der Waals surface area contributed by atoms with Gasteiger partial charge >= 0.3 is 0 Å². The molecule has 0 N–H and O–H groups in total. The molecule has 0 heterocycles. The molecule has 0 radical (unpaired) electrons. The standard InChI is InChI=1S/C18H20ClN3O3/c1-20(2)10-11-21(13-14-6-4-3-5-7-14)18(23)16-9-8-15(22(24)25)12-17(16)19/h3-9,12H,10-11,13H2,1-2H3. The van der Waals surface area contributed by atoms with Crippen molar-refractivity contribution in [3.63, 3.8) is 0 Å². The first-order valence-electron chi connectivity index (χ1n) is 7.80. The zero-order valence-electron chi connectivity index (χ0n) is 14.2. The Labute approximate surface area is 151 Å². The van der Waals surface area contributed by atoms with Gasteiger partial charge in [0.15, 0.2) is 0 Å². The van der Waals surface area contributed by atoms with E-state index in [2.05, 4.69) is 0 Å². The lowest BCUT2D eigenvalue weighted by Crippen LogP contribution is -2.36. The first kappa shape index (κ1) is 18.9. The molecule has 25 heavy (non-hydrogen) atoms. The van der Waals surface area contributed by atoms with E-state index in [-0.39, 0.29) is 22.2 Å². The van der Waals surface area contributed by atoms with Gasteiger partial charge in [-0.15, -0.1) is 0 Å². The predicted octanol–water partition coefficient (Wildman–Crippen LogP) is 3.45. The minimum atomic E-state index is -0.534. The summed E-state index contributed by atoms with van der Waals surface area (Å²) in [6.45, 7) is 1.66. The molecule has 2 rings (SSSR count). The van der Waals surface area contributed by atoms with Crippen molar-refractivity contribution in [2.45, 2.75) is 6.54 Å². The van der Waals surface area contributed by atoms with Gasteiger partial charge in [-0.3, -0.25) is 14.9 Å². The van der Waals surface area contributed by atoms with Crippen molar-refractivity contribution in [2.24, 2.45) is 0 Å². The van der Waals surface area contributed by atoms with Gasteiger partial charge in [-0.05, 0) is 25.7 Å². The number of nitrogens with zero attached hydrogens (tertiary/aromatic N) is 3. The normalized spacial score (nSPS) is 10.7. The lowest BCUT2D eigenvalue weighted by Gasteiger charge is -2.25. The Morgan fingerprint density at radius 3 is 2.36 bits per heavy atom. The van der Waals surface area contributed by atoms with Crippen molar-refractivity contribution >= 4 is 23.2 Å². The van der Waals surface area contributed by atoms with Crippen LogP contribution in [0, 0.1) is 10.1 Å². The fourth-order valence-corrected chi connectivity index (χ4v) is 2.59. The Morgan fingerprint density at radius 2 is 1.80 bits per heavy atom. The summed E-state index contributed by atoms with van der Waals surface area (Å²) in [7, 11) is 3.87. The van der Waals surface area contributed by atoms with E-state index in [4.69, 9.17) is 11.6 Å². The van der Waals surface area contributed by atoms with Gasteiger partial charge in [-0.1, -0.05) is 41.9 Å². The highest BCUT2D eigenvalue weighted by molar-refractivity contribution is 6.34. The Hall–Kier alpha value is -2.44. The van der Waals surface area contributed by atoms with Crippen LogP contribution in [-0.4, -0.2) is 47.8 Å². The number of nitro groups is 1. The van der Waals surface area contributed by atoms with Crippen molar-refractivity contribution in [2.75, 3.05) is 27.2 Å². The van der Waals surface area contributed by atoms with Crippen LogP contribution >= 0.6 is 11.6 Å². The van der Waals surface area contributed by atoms with Gasteiger partial charge in [-0.2, -0.15) is 0 Å². The molecular formula is C18H20ClN3O3. The van der Waals surface area contributed by atoms with Gasteiger partial charge in [0, 0.05) is 31.8 Å². The summed E-state index contributed by atoms with van der Waals surface area (Å²) in [6.07, 6.45) is 0. The molecule has 2 aromatic rings. The average molecular weight is 362 g/mol. The van der Waals surface area contributed by atoms with Crippen LogP contribution in [0.25, 0.3) is 0 Å². The van der Waals surface area contributed by atoms with Crippen LogP contribution in [0.1, 0.15) is 15.9 Å². The van der Waals surface area contributed by atoms with Gasteiger partial charge in [-0.25, -0.2) is 0 Å². The number of nitro benzene ring substituents is 1. The maximum atomic E-state index is 12.9. The topological polar surface area (TPSA) is 66.7 Å². The number of rotatable bonds is 7. The maximum Gasteiger partial charge on any atom is 0.270 e. The maximum absolute atomic E-state index is 12.9. The molecule has 0 saturated carbocycles. The second-order valence-electron chi connectivity index (χ2n) is 5.94. The third kappa shape index (κ3) is 5.27. The SMILES string of the molecule is CN(C)CCN(Cc1ccccc1)C(=O)c1ccc([N+](=O)[O-])cc1Cl. The molecule has 0 fully saturated rings. The van der Waals surface area contributed by atoms with E-state index in [1.165, 1.54) is 18.2 Å². The molecule has 2 aromatic carbocycles. The average Bonchev–Trinajstić information content (AvgIpc) is 2.58. The summed E-state index contributed by atoms with van der Waals surface area (Å²) in [5.41, 5.74) is 1.14. The Kier molecular flexibility index (Phi) is 6.50. The number of carbonyl (C=O) groups excluding carboxylic acids is 1. The number of benzene rings is 2. The van der Waals surface area contributed by atoms with Crippen LogP contribution < -0.4 is 0 Å². The molecule has 0 atom stereocenters. The van der Waals surface area contributed by atoms with E-state index in [0.29, 0.717) is 19.6 Å². The van der Waals surface area contributed by atoms with Crippen LogP contribution in [0.2, 0.25) is 5.02 Å². The van der Waals surface area contributed by atoms with E-state index in [0.717, 1.165) is 5.56 Å². The molecule has 6 nitrogen and oxygen atoms in total. The fraction of sp³-hybridized carbons (Fsp3) is 0.278. The van der Waals surface area contributed by atoms with Gasteiger partial charge in [0.05, 0.1) is 15.5 Å². The van der Waals surface area contributed by atoms with E-state index in [1.807, 2.05) is 49.3 Å². The second-order valence-corrected chi connectivity index (χ2v) is 6.34. The summed E-state index contributed by atoms with van der Waals surface area (Å²) >= 11 is 6.12. The Morgan fingerprint density at radius 1 is 1.12 bits per heavy atom. The summed E-state index contributed by atoms with van der Waals surface area (Å²) in [4.78, 5) is 26.9. The van der Waals surface area contributed by atoms with Crippen LogP contribution in [0.15, 0.2) is 48.5 Å². The van der Waals surface area contributed by atoms with Gasteiger partial charge < -0.3 is 9.80 Å². The number of carbonyl (C=O) groups is 1. The number of hydrogen-bond acceptors (Lipinski definition) is 4. The minimum Gasteiger partial charge on any atom is -0.333 e. The summed E-state index contributed by atoms with van der Waals surface area (Å²) in [5, 5.41) is 10.9. The highest BCUT2D eigenvalue weighted by Gasteiger charge is 2.21. The van der Waals surface area contributed by atoms with E-state index in [9.17, 15) is 14.9 Å². The third-order valence-electron chi connectivity index (χ3n) is 3.71. The molecule has 0 unspecified atom stereocenters. The third-order valence-corrected chi connectivity index (χ3v) is 4.03. The Bertz CT molecular complexity index is 750. The molecule has 0 aliphatic rings. The zero-order valence-corrected chi connectivity index (χ0v) is 14.9. The Balaban J connectivity index is 2.26. The smallest absolute Gasteiger partial charge is 0.270 e. The van der Waals surface area contributed by atoms with Crippen LogP contribution in [0.4, 0.5) is 5.69 Å². The van der Waals surface area contributed by atoms with Crippen molar-refractivity contribution in [3.05, 3.63) is 74.8 Å². The van der Waals surface area contributed by atoms with Gasteiger partial charge in [0.25, 0.3) is 11.6 Å². The molecule has 0 aliphatic carbocycles. The molecule has 0 saturated heterocycles. The molecule has 7 heteroatoms. The highest BCUT2D eigenvalue weighted by Crippen LogP contribution is 2.24. The molecule has 1 amide bonds. The van der Waals surface area contributed by atoms with Crippen molar-refractivity contribution in [3.8, 4) is 0 Å². The van der Waals surface area contributed by atoms with Crippen molar-refractivity contribution in [1.29, 1.82) is 0 Å². The van der Waals surface area contributed by atoms with E-state index >= 15 is 0 Å². The molecule has 132 valence electrons. The summed E-state index contributed by atoms with van der Waals surface area (Å²) in [5.74, 6) is -0.245. The molecular weight excluding hydrogens is 342 g/mol.